The Labute approximate surface area is 83.5 Å². The number of carbonyl (C=O) groups excluding carboxylic acids is 1. The number of rotatable bonds is 1. The van der Waals surface area contributed by atoms with Gasteiger partial charge in [0.25, 0.3) is 0 Å². The standard InChI is InChI=1S/C8H15N3OS/c1-10-8(12)11-5-3-2-4-6(11)7(9)13/h6H,2-5H2,1H3,(H2,9,13)(H,10,12). The molecule has 13 heavy (non-hydrogen) atoms. The molecule has 4 nitrogen and oxygen atoms in total. The Balaban J connectivity index is 2.67. The van der Waals surface area contributed by atoms with Crippen molar-refractivity contribution in [1.82, 2.24) is 10.2 Å². The lowest BCUT2D eigenvalue weighted by atomic mass is 10.0. The third-order valence-electron chi connectivity index (χ3n) is 2.31. The van der Waals surface area contributed by atoms with Gasteiger partial charge in [-0.15, -0.1) is 0 Å². The average molecular weight is 201 g/mol. The Morgan fingerprint density at radius 1 is 1.62 bits per heavy atom. The molecule has 0 aromatic rings. The minimum Gasteiger partial charge on any atom is -0.392 e. The van der Waals surface area contributed by atoms with Crippen molar-refractivity contribution in [3.05, 3.63) is 0 Å². The number of piperidine rings is 1. The number of nitrogens with two attached hydrogens (primary N) is 1. The second-order valence-electron chi connectivity index (χ2n) is 3.16. The first-order valence-corrected chi connectivity index (χ1v) is 4.85. The van der Waals surface area contributed by atoms with Gasteiger partial charge < -0.3 is 16.0 Å². The largest absolute Gasteiger partial charge is 0.392 e. The van der Waals surface area contributed by atoms with E-state index in [1.165, 1.54) is 0 Å². The van der Waals surface area contributed by atoms with Gasteiger partial charge in [0.05, 0.1) is 11.0 Å². The van der Waals surface area contributed by atoms with Gasteiger partial charge in [-0.3, -0.25) is 0 Å². The topological polar surface area (TPSA) is 58.4 Å². The molecule has 74 valence electrons. The summed E-state index contributed by atoms with van der Waals surface area (Å²) in [7, 11) is 1.62. The number of hydrogen-bond donors (Lipinski definition) is 2. The zero-order valence-corrected chi connectivity index (χ0v) is 8.56. The summed E-state index contributed by atoms with van der Waals surface area (Å²) in [5, 5.41) is 2.59. The van der Waals surface area contributed by atoms with E-state index < -0.39 is 0 Å². The van der Waals surface area contributed by atoms with Gasteiger partial charge in [0.15, 0.2) is 0 Å². The Morgan fingerprint density at radius 3 is 2.85 bits per heavy atom. The Bertz CT molecular complexity index is 219. The van der Waals surface area contributed by atoms with Crippen LogP contribution in [0.1, 0.15) is 19.3 Å². The van der Waals surface area contributed by atoms with Crippen molar-refractivity contribution < 1.29 is 4.79 Å². The van der Waals surface area contributed by atoms with Gasteiger partial charge >= 0.3 is 6.03 Å². The number of urea groups is 1. The van der Waals surface area contributed by atoms with Crippen LogP contribution in [0.2, 0.25) is 0 Å². The maximum absolute atomic E-state index is 11.4. The van der Waals surface area contributed by atoms with Crippen LogP contribution in [0.5, 0.6) is 0 Å². The van der Waals surface area contributed by atoms with Gasteiger partial charge in [-0.25, -0.2) is 4.79 Å². The molecule has 0 radical (unpaired) electrons. The molecule has 1 atom stereocenters. The predicted octanol–water partition coefficient (Wildman–Crippen LogP) is 0.466. The molecule has 0 aromatic heterocycles. The molecule has 3 N–H and O–H groups in total. The average Bonchev–Trinajstić information content (AvgIpc) is 2.16. The zero-order chi connectivity index (χ0) is 9.84. The Morgan fingerprint density at radius 2 is 2.31 bits per heavy atom. The lowest BCUT2D eigenvalue weighted by Crippen LogP contribution is -2.52. The van der Waals surface area contributed by atoms with E-state index in [0.717, 1.165) is 25.8 Å². The van der Waals surface area contributed by atoms with E-state index in [1.54, 1.807) is 11.9 Å². The van der Waals surface area contributed by atoms with E-state index in [4.69, 9.17) is 18.0 Å². The zero-order valence-electron chi connectivity index (χ0n) is 7.75. The van der Waals surface area contributed by atoms with Crippen LogP contribution < -0.4 is 11.1 Å². The second-order valence-corrected chi connectivity index (χ2v) is 3.63. The first kappa shape index (κ1) is 10.2. The van der Waals surface area contributed by atoms with Crippen molar-refractivity contribution in [3.8, 4) is 0 Å². The van der Waals surface area contributed by atoms with Gasteiger partial charge in [0.2, 0.25) is 0 Å². The van der Waals surface area contributed by atoms with E-state index in [9.17, 15) is 4.79 Å². The maximum Gasteiger partial charge on any atom is 0.317 e. The molecule has 1 aliphatic heterocycles. The number of likely N-dealkylation sites (tertiary alicyclic amines) is 1. The van der Waals surface area contributed by atoms with Gasteiger partial charge in [-0.05, 0) is 19.3 Å². The molecule has 0 aromatic carbocycles. The maximum atomic E-state index is 11.4. The van der Waals surface area contributed by atoms with E-state index >= 15 is 0 Å². The van der Waals surface area contributed by atoms with Gasteiger partial charge in [-0.1, -0.05) is 12.2 Å². The van der Waals surface area contributed by atoms with Crippen molar-refractivity contribution in [2.75, 3.05) is 13.6 Å². The number of hydrogen-bond acceptors (Lipinski definition) is 2. The quantitative estimate of drug-likeness (QED) is 0.606. The molecule has 1 saturated heterocycles. The third kappa shape index (κ3) is 2.30. The highest BCUT2D eigenvalue weighted by atomic mass is 32.1. The van der Waals surface area contributed by atoms with Gasteiger partial charge in [-0.2, -0.15) is 0 Å². The number of amides is 2. The summed E-state index contributed by atoms with van der Waals surface area (Å²) in [6.07, 6.45) is 3.02. The molecule has 0 spiro atoms. The molecule has 1 aliphatic rings. The first-order valence-electron chi connectivity index (χ1n) is 4.44. The lowest BCUT2D eigenvalue weighted by molar-refractivity contribution is 0.175. The summed E-state index contributed by atoms with van der Waals surface area (Å²) in [4.78, 5) is 13.5. The molecular weight excluding hydrogens is 186 g/mol. The molecule has 5 heteroatoms. The summed E-state index contributed by atoms with van der Waals surface area (Å²) in [6, 6.07) is -0.138. The fourth-order valence-corrected chi connectivity index (χ4v) is 1.86. The summed E-state index contributed by atoms with van der Waals surface area (Å²) in [6.45, 7) is 0.752. The highest BCUT2D eigenvalue weighted by Crippen LogP contribution is 2.16. The SMILES string of the molecule is CNC(=O)N1CCCCC1C(N)=S. The second kappa shape index (κ2) is 4.41. The monoisotopic (exact) mass is 201 g/mol. The number of thiocarbonyl (C=S) groups is 1. The minimum atomic E-state index is -0.0856. The van der Waals surface area contributed by atoms with Crippen LogP contribution in [0.3, 0.4) is 0 Å². The summed E-state index contributed by atoms with van der Waals surface area (Å²) in [5.74, 6) is 0. The van der Waals surface area contributed by atoms with Crippen molar-refractivity contribution >= 4 is 23.2 Å². The first-order chi connectivity index (χ1) is 6.16. The molecule has 1 fully saturated rings. The lowest BCUT2D eigenvalue weighted by Gasteiger charge is -2.34. The predicted molar refractivity (Wildman–Crippen MR) is 55.6 cm³/mol. The summed E-state index contributed by atoms with van der Waals surface area (Å²) < 4.78 is 0. The van der Waals surface area contributed by atoms with Crippen LogP contribution >= 0.6 is 12.2 Å². The fraction of sp³-hybridized carbons (Fsp3) is 0.750. The molecule has 1 unspecified atom stereocenters. The molecular formula is C8H15N3OS. The normalized spacial score (nSPS) is 22.5. The molecule has 0 saturated carbocycles. The third-order valence-corrected chi connectivity index (χ3v) is 2.58. The van der Waals surface area contributed by atoms with Crippen molar-refractivity contribution in [1.29, 1.82) is 0 Å². The highest BCUT2D eigenvalue weighted by Gasteiger charge is 2.27. The Hall–Kier alpha value is -0.840. The van der Waals surface area contributed by atoms with Crippen molar-refractivity contribution in [2.24, 2.45) is 5.73 Å². The van der Waals surface area contributed by atoms with Crippen LogP contribution in [0.4, 0.5) is 4.79 Å². The number of nitrogens with zero attached hydrogens (tertiary/aromatic N) is 1. The van der Waals surface area contributed by atoms with Crippen LogP contribution in [0.15, 0.2) is 0 Å². The smallest absolute Gasteiger partial charge is 0.317 e. The molecule has 0 bridgehead atoms. The summed E-state index contributed by atoms with van der Waals surface area (Å²) in [5.41, 5.74) is 5.56. The van der Waals surface area contributed by atoms with Crippen LogP contribution in [-0.4, -0.2) is 35.6 Å². The van der Waals surface area contributed by atoms with Crippen LogP contribution in [0, 0.1) is 0 Å². The molecule has 1 rings (SSSR count). The molecule has 2 amide bonds. The molecule has 0 aliphatic carbocycles. The number of nitrogens with one attached hydrogen (secondary N) is 1. The number of carbonyl (C=O) groups is 1. The summed E-state index contributed by atoms with van der Waals surface area (Å²) >= 11 is 4.92. The minimum absolute atomic E-state index is 0.0521. The van der Waals surface area contributed by atoms with E-state index in [-0.39, 0.29) is 12.1 Å². The van der Waals surface area contributed by atoms with Gasteiger partial charge in [0.1, 0.15) is 0 Å². The van der Waals surface area contributed by atoms with E-state index in [2.05, 4.69) is 5.32 Å². The fourth-order valence-electron chi connectivity index (χ4n) is 1.61. The van der Waals surface area contributed by atoms with Crippen molar-refractivity contribution in [2.45, 2.75) is 25.3 Å². The van der Waals surface area contributed by atoms with Gasteiger partial charge in [0, 0.05) is 13.6 Å². The molecule has 1 heterocycles. The van der Waals surface area contributed by atoms with E-state index in [0.29, 0.717) is 4.99 Å². The van der Waals surface area contributed by atoms with Crippen LogP contribution in [0.25, 0.3) is 0 Å². The van der Waals surface area contributed by atoms with Crippen LogP contribution in [-0.2, 0) is 0 Å². The Kier molecular flexibility index (Phi) is 3.48. The highest BCUT2D eigenvalue weighted by molar-refractivity contribution is 7.80. The van der Waals surface area contributed by atoms with Crippen molar-refractivity contribution in [3.63, 3.8) is 0 Å². The van der Waals surface area contributed by atoms with E-state index in [1.807, 2.05) is 0 Å².